The first-order valence-electron chi connectivity index (χ1n) is 9.91. The predicted octanol–water partition coefficient (Wildman–Crippen LogP) is 4.03. The monoisotopic (exact) mass is 447 g/mol. The number of carbonyl (C=O) groups excluding carboxylic acids is 1. The van der Waals surface area contributed by atoms with Crippen molar-refractivity contribution >= 4 is 21.8 Å². The summed E-state index contributed by atoms with van der Waals surface area (Å²) in [7, 11) is 0. The van der Waals surface area contributed by atoms with Crippen LogP contribution in [0.2, 0.25) is 0 Å². The van der Waals surface area contributed by atoms with E-state index in [1.165, 1.54) is 10.1 Å². The summed E-state index contributed by atoms with van der Waals surface area (Å²) >= 11 is 3.38. The number of hydrogen-bond acceptors (Lipinski definition) is 5. The minimum absolute atomic E-state index is 0.0466. The predicted molar refractivity (Wildman–Crippen MR) is 110 cm³/mol. The largest absolute Gasteiger partial charge is 0.336 e. The average Bonchev–Trinajstić information content (AvgIpc) is 2.49. The highest BCUT2D eigenvalue weighted by Crippen LogP contribution is 2.44. The van der Waals surface area contributed by atoms with E-state index >= 15 is 0 Å². The van der Waals surface area contributed by atoms with Crippen LogP contribution >= 0.6 is 15.9 Å². The Morgan fingerprint density at radius 1 is 0.815 bits per heavy atom. The van der Waals surface area contributed by atoms with Gasteiger partial charge in [0, 0.05) is 34.2 Å². The fourth-order valence-corrected chi connectivity index (χ4v) is 5.89. The van der Waals surface area contributed by atoms with E-state index in [0.29, 0.717) is 25.7 Å². The van der Waals surface area contributed by atoms with Gasteiger partial charge in [-0.3, -0.25) is 4.79 Å². The number of piperidine rings is 2. The zero-order chi connectivity index (χ0) is 21.0. The molecule has 0 aromatic carbocycles. The maximum absolute atomic E-state index is 13.0. The minimum Gasteiger partial charge on any atom is -0.336 e. The molecular formula is C20H38BrN3O3. The molecule has 0 saturated carbocycles. The first kappa shape index (κ1) is 23.1. The van der Waals surface area contributed by atoms with Crippen LogP contribution in [0.25, 0.3) is 0 Å². The topological polar surface area (TPSA) is 67.2 Å². The highest BCUT2D eigenvalue weighted by molar-refractivity contribution is 9.09. The van der Waals surface area contributed by atoms with Crippen molar-refractivity contribution in [1.82, 2.24) is 15.0 Å². The maximum atomic E-state index is 13.0. The van der Waals surface area contributed by atoms with Gasteiger partial charge in [0.1, 0.15) is 0 Å². The number of rotatable bonds is 3. The zero-order valence-corrected chi connectivity index (χ0v) is 19.8. The summed E-state index contributed by atoms with van der Waals surface area (Å²) in [5, 5.41) is 24.5. The molecule has 2 aliphatic heterocycles. The number of carbonyl (C=O) groups is 1. The molecule has 0 aromatic rings. The molecule has 6 nitrogen and oxygen atoms in total. The lowest BCUT2D eigenvalue weighted by atomic mass is 9.74. The third kappa shape index (κ3) is 4.37. The Kier molecular flexibility index (Phi) is 6.19. The Bertz CT molecular complexity index is 499. The molecule has 2 aliphatic rings. The molecule has 2 saturated heterocycles. The van der Waals surface area contributed by atoms with E-state index in [4.69, 9.17) is 0 Å². The SMILES string of the molecule is CC1(C)CC(N(C(=O)CBr)C2CC(C)(C)N(O)C(C)(C)C2)CC(C)(C)N1O. The van der Waals surface area contributed by atoms with Gasteiger partial charge in [0.2, 0.25) is 5.91 Å². The summed E-state index contributed by atoms with van der Waals surface area (Å²) in [6.45, 7) is 16.2. The van der Waals surface area contributed by atoms with Crippen molar-refractivity contribution in [2.24, 2.45) is 0 Å². The number of alkyl halides is 1. The molecule has 1 amide bonds. The van der Waals surface area contributed by atoms with E-state index in [9.17, 15) is 15.2 Å². The van der Waals surface area contributed by atoms with Crippen molar-refractivity contribution < 1.29 is 15.2 Å². The van der Waals surface area contributed by atoms with Crippen molar-refractivity contribution in [2.75, 3.05) is 5.33 Å². The van der Waals surface area contributed by atoms with Gasteiger partial charge in [0.05, 0.1) is 5.33 Å². The van der Waals surface area contributed by atoms with Crippen LogP contribution in [0.1, 0.15) is 81.1 Å². The normalized spacial score (nSPS) is 28.9. The molecule has 27 heavy (non-hydrogen) atoms. The molecule has 2 heterocycles. The number of amides is 1. The number of halogens is 1. The highest BCUT2D eigenvalue weighted by atomic mass is 79.9. The van der Waals surface area contributed by atoms with Crippen LogP contribution in [0.4, 0.5) is 0 Å². The Balaban J connectivity index is 2.40. The Hall–Kier alpha value is -0.210. The maximum Gasteiger partial charge on any atom is 0.233 e. The standard InChI is InChI=1S/C20H38BrN3O3/c1-17(2)9-14(10-18(3,4)23(17)26)22(16(25)13-21)15-11-19(5,6)24(27)20(7,8)12-15/h14-15,26-27H,9-13H2,1-8H3. The number of hydroxylamine groups is 4. The van der Waals surface area contributed by atoms with Crippen molar-refractivity contribution in [1.29, 1.82) is 0 Å². The lowest BCUT2D eigenvalue weighted by Crippen LogP contribution is -2.68. The second kappa shape index (κ2) is 7.24. The lowest BCUT2D eigenvalue weighted by molar-refractivity contribution is -0.264. The van der Waals surface area contributed by atoms with Crippen LogP contribution < -0.4 is 0 Å². The molecule has 0 unspecified atom stereocenters. The Morgan fingerprint density at radius 3 is 1.30 bits per heavy atom. The van der Waals surface area contributed by atoms with Gasteiger partial charge < -0.3 is 15.3 Å². The highest BCUT2D eigenvalue weighted by Gasteiger charge is 2.52. The van der Waals surface area contributed by atoms with E-state index in [0.717, 1.165) is 0 Å². The van der Waals surface area contributed by atoms with Crippen molar-refractivity contribution in [3.05, 3.63) is 0 Å². The second-order valence-corrected chi connectivity index (χ2v) is 11.5. The van der Waals surface area contributed by atoms with Gasteiger partial charge in [-0.05, 0) is 81.1 Å². The quantitative estimate of drug-likeness (QED) is 0.639. The third-order valence-corrected chi connectivity index (χ3v) is 6.90. The number of nitrogens with zero attached hydrogens (tertiary/aromatic N) is 3. The van der Waals surface area contributed by atoms with E-state index in [2.05, 4.69) is 20.8 Å². The summed E-state index contributed by atoms with van der Waals surface area (Å²) in [5.74, 6) is 0.0842. The molecule has 2 N–H and O–H groups in total. The molecule has 2 fully saturated rings. The average molecular weight is 448 g/mol. The van der Waals surface area contributed by atoms with E-state index in [1.54, 1.807) is 0 Å². The van der Waals surface area contributed by atoms with Gasteiger partial charge in [0.25, 0.3) is 0 Å². The third-order valence-electron chi connectivity index (χ3n) is 6.42. The van der Waals surface area contributed by atoms with Gasteiger partial charge in [0.15, 0.2) is 0 Å². The lowest BCUT2D eigenvalue weighted by Gasteiger charge is -2.58. The van der Waals surface area contributed by atoms with Crippen molar-refractivity contribution in [3.63, 3.8) is 0 Å². The van der Waals surface area contributed by atoms with Crippen LogP contribution in [0, 0.1) is 0 Å². The van der Waals surface area contributed by atoms with E-state index in [1.807, 2.05) is 55.4 Å². The van der Waals surface area contributed by atoms with Gasteiger partial charge >= 0.3 is 0 Å². The summed E-state index contributed by atoms with van der Waals surface area (Å²) < 4.78 is 0. The van der Waals surface area contributed by atoms with Gasteiger partial charge in [-0.2, -0.15) is 10.1 Å². The summed E-state index contributed by atoms with van der Waals surface area (Å²) in [4.78, 5) is 15.1. The first-order chi connectivity index (χ1) is 12.0. The van der Waals surface area contributed by atoms with Crippen molar-refractivity contribution in [3.8, 4) is 0 Å². The summed E-state index contributed by atoms with van der Waals surface area (Å²) in [6, 6.07) is 0.0931. The van der Waals surface area contributed by atoms with E-state index < -0.39 is 22.2 Å². The van der Waals surface area contributed by atoms with Crippen LogP contribution in [0.15, 0.2) is 0 Å². The second-order valence-electron chi connectivity index (χ2n) is 10.9. The van der Waals surface area contributed by atoms with E-state index in [-0.39, 0.29) is 23.3 Å². The fraction of sp³-hybridized carbons (Fsp3) is 0.950. The molecule has 2 rings (SSSR count). The van der Waals surface area contributed by atoms with Crippen LogP contribution in [0.5, 0.6) is 0 Å². The zero-order valence-electron chi connectivity index (χ0n) is 18.2. The molecule has 0 aromatic heterocycles. The molecule has 0 radical (unpaired) electrons. The first-order valence-corrected chi connectivity index (χ1v) is 11.0. The molecule has 0 bridgehead atoms. The molecular weight excluding hydrogens is 410 g/mol. The molecule has 7 heteroatoms. The molecule has 0 spiro atoms. The van der Waals surface area contributed by atoms with Gasteiger partial charge in [-0.15, -0.1) is 0 Å². The minimum atomic E-state index is -0.417. The smallest absolute Gasteiger partial charge is 0.233 e. The van der Waals surface area contributed by atoms with Gasteiger partial charge in [-0.25, -0.2) is 0 Å². The summed E-state index contributed by atoms with van der Waals surface area (Å²) in [5.41, 5.74) is -1.67. The van der Waals surface area contributed by atoms with Crippen LogP contribution in [0.3, 0.4) is 0 Å². The Morgan fingerprint density at radius 2 is 1.07 bits per heavy atom. The number of hydrogen-bond donors (Lipinski definition) is 2. The van der Waals surface area contributed by atoms with Crippen LogP contribution in [-0.2, 0) is 4.79 Å². The van der Waals surface area contributed by atoms with Gasteiger partial charge in [-0.1, -0.05) is 15.9 Å². The molecule has 0 atom stereocenters. The molecule has 158 valence electrons. The Labute approximate surface area is 172 Å². The fourth-order valence-electron chi connectivity index (χ4n) is 5.60. The van der Waals surface area contributed by atoms with Crippen LogP contribution in [-0.4, -0.2) is 70.9 Å². The van der Waals surface area contributed by atoms with Crippen molar-refractivity contribution in [2.45, 2.75) is 115 Å². The summed E-state index contributed by atoms with van der Waals surface area (Å²) in [6.07, 6.45) is 2.86. The molecule has 0 aliphatic carbocycles.